The Balaban J connectivity index is 2.06. The molecule has 3 heterocycles. The molecule has 0 aliphatic carbocycles. The highest BCUT2D eigenvalue weighted by Crippen LogP contribution is 2.31. The lowest BCUT2D eigenvalue weighted by Crippen LogP contribution is -2.37. The number of nitrogens with zero attached hydrogens (tertiary/aromatic N) is 5. The number of aromatic nitrogens is 4. The summed E-state index contributed by atoms with van der Waals surface area (Å²) in [5, 5.41) is 17.8. The molecule has 1 aromatic carbocycles. The molecule has 1 unspecified atom stereocenters. The molecule has 1 fully saturated rings. The van der Waals surface area contributed by atoms with Crippen molar-refractivity contribution in [3.8, 4) is 0 Å². The topological polar surface area (TPSA) is 108 Å². The maximum Gasteiger partial charge on any atom is 0.208 e. The van der Waals surface area contributed by atoms with Gasteiger partial charge in [-0.1, -0.05) is 19.9 Å². The first-order valence-corrected chi connectivity index (χ1v) is 10.7. The molecule has 0 spiro atoms. The van der Waals surface area contributed by atoms with E-state index >= 15 is 0 Å². The highest BCUT2D eigenvalue weighted by Gasteiger charge is 2.30. The maximum absolute atomic E-state index is 9.94. The number of nitrogens with one attached hydrogen (secondary N) is 1. The average molecular weight is 410 g/mol. The summed E-state index contributed by atoms with van der Waals surface area (Å²) < 4.78 is 2.24. The molecule has 1 aliphatic heterocycles. The van der Waals surface area contributed by atoms with Gasteiger partial charge in [-0.2, -0.15) is 10.1 Å². The minimum atomic E-state index is 0.0644. The summed E-state index contributed by atoms with van der Waals surface area (Å²) in [6.07, 6.45) is 1.99. The average Bonchev–Trinajstić information content (AvgIpc) is 3.34. The second-order valence-electron chi connectivity index (χ2n) is 8.57. The zero-order valence-corrected chi connectivity index (χ0v) is 18.1. The van der Waals surface area contributed by atoms with Crippen molar-refractivity contribution in [3.63, 3.8) is 0 Å². The Kier molecular flexibility index (Phi) is 5.51. The van der Waals surface area contributed by atoms with Gasteiger partial charge < -0.3 is 20.3 Å². The molecule has 8 heteroatoms. The Morgan fingerprint density at radius 3 is 2.77 bits per heavy atom. The smallest absolute Gasteiger partial charge is 0.208 e. The van der Waals surface area contributed by atoms with Gasteiger partial charge in [0, 0.05) is 18.3 Å². The largest absolute Gasteiger partial charge is 0.399 e. The van der Waals surface area contributed by atoms with Crippen LogP contribution in [0.15, 0.2) is 29.3 Å². The van der Waals surface area contributed by atoms with E-state index in [9.17, 15) is 5.11 Å². The Morgan fingerprint density at radius 1 is 1.30 bits per heavy atom. The fourth-order valence-corrected chi connectivity index (χ4v) is 4.23. The van der Waals surface area contributed by atoms with Gasteiger partial charge in [0.05, 0.1) is 29.5 Å². The van der Waals surface area contributed by atoms with Crippen LogP contribution in [0.25, 0.3) is 11.0 Å². The molecule has 4 N–H and O–H groups in total. The van der Waals surface area contributed by atoms with Crippen molar-refractivity contribution in [1.29, 1.82) is 0 Å². The lowest BCUT2D eigenvalue weighted by Gasteiger charge is -2.29. The number of rotatable bonds is 5. The standard InChI is InChI=1S/C22H31N7O/c1-13(2)18-20-19(27-26-18)21(24-16-8-5-7-15(23)11-16)25-22(29(20)14(3)4)28-10-6-9-17(28)12-30/h5,7-8,11,13-14,17,30H,6,9-10,12,23H2,1-4H3,(H,26,27). The highest BCUT2D eigenvalue weighted by molar-refractivity contribution is 5.79. The van der Waals surface area contributed by atoms with E-state index in [-0.39, 0.29) is 24.6 Å². The van der Waals surface area contributed by atoms with Gasteiger partial charge in [-0.25, -0.2) is 4.99 Å². The fourth-order valence-electron chi connectivity index (χ4n) is 4.23. The van der Waals surface area contributed by atoms with Gasteiger partial charge in [-0.3, -0.25) is 5.10 Å². The summed E-state index contributed by atoms with van der Waals surface area (Å²) in [5.74, 6) is 1.10. The van der Waals surface area contributed by atoms with Crippen LogP contribution < -0.4 is 16.1 Å². The number of hydrogen-bond donors (Lipinski definition) is 3. The van der Waals surface area contributed by atoms with E-state index < -0.39 is 0 Å². The molecule has 1 aliphatic rings. The molecule has 160 valence electrons. The Labute approximate surface area is 176 Å². The molecule has 0 saturated carbocycles. The van der Waals surface area contributed by atoms with Crippen LogP contribution in [0.4, 0.5) is 17.3 Å². The molecule has 0 radical (unpaired) electrons. The van der Waals surface area contributed by atoms with E-state index in [0.29, 0.717) is 11.2 Å². The minimum absolute atomic E-state index is 0.0644. The Hall–Kier alpha value is -2.87. The molecule has 8 nitrogen and oxygen atoms in total. The second-order valence-corrected chi connectivity index (χ2v) is 8.57. The first-order chi connectivity index (χ1) is 14.4. The molecular formula is C22H31N7O. The Bertz CT molecular complexity index is 1110. The first-order valence-electron chi connectivity index (χ1n) is 10.7. The lowest BCUT2D eigenvalue weighted by atomic mass is 10.1. The SMILES string of the molecule is CC(C)c1[nH]nc2c(=Nc3cccc(N)c3)nc(N3CCCC3CO)n(C(C)C)c12. The predicted molar refractivity (Wildman–Crippen MR) is 120 cm³/mol. The third-order valence-electron chi connectivity index (χ3n) is 5.69. The number of nitrogens with two attached hydrogens (primary N) is 1. The van der Waals surface area contributed by atoms with Gasteiger partial charge in [0.2, 0.25) is 5.95 Å². The summed E-state index contributed by atoms with van der Waals surface area (Å²) in [6.45, 7) is 9.59. The van der Waals surface area contributed by atoms with E-state index in [0.717, 1.165) is 47.7 Å². The fraction of sp³-hybridized carbons (Fsp3) is 0.500. The second kappa shape index (κ2) is 8.10. The first kappa shape index (κ1) is 20.4. The summed E-state index contributed by atoms with van der Waals surface area (Å²) in [5.41, 5.74) is 10.8. The van der Waals surface area contributed by atoms with E-state index in [2.05, 4.69) is 47.4 Å². The number of nitrogen functional groups attached to an aromatic ring is 1. The van der Waals surface area contributed by atoms with E-state index in [4.69, 9.17) is 15.7 Å². The third kappa shape index (κ3) is 3.56. The number of anilines is 2. The molecular weight excluding hydrogens is 378 g/mol. The summed E-state index contributed by atoms with van der Waals surface area (Å²) in [4.78, 5) is 12.0. The van der Waals surface area contributed by atoms with Crippen LogP contribution in [-0.4, -0.2) is 44.0 Å². The lowest BCUT2D eigenvalue weighted by molar-refractivity contribution is 0.265. The maximum atomic E-state index is 9.94. The van der Waals surface area contributed by atoms with Gasteiger partial charge in [-0.15, -0.1) is 0 Å². The van der Waals surface area contributed by atoms with Crippen LogP contribution in [0.3, 0.4) is 0 Å². The van der Waals surface area contributed by atoms with Crippen LogP contribution in [-0.2, 0) is 0 Å². The quantitative estimate of drug-likeness (QED) is 0.561. The normalized spacial score (nSPS) is 17.8. The molecule has 0 amide bonds. The van der Waals surface area contributed by atoms with Gasteiger partial charge in [0.15, 0.2) is 11.0 Å². The van der Waals surface area contributed by atoms with Crippen LogP contribution in [0.5, 0.6) is 0 Å². The van der Waals surface area contributed by atoms with Crippen LogP contribution in [0, 0.1) is 0 Å². The zero-order valence-electron chi connectivity index (χ0n) is 18.1. The molecule has 2 aromatic heterocycles. The number of aliphatic hydroxyl groups excluding tert-OH is 1. The van der Waals surface area contributed by atoms with Crippen LogP contribution in [0.2, 0.25) is 0 Å². The molecule has 30 heavy (non-hydrogen) atoms. The molecule has 0 bridgehead atoms. The number of benzene rings is 1. The summed E-state index contributed by atoms with van der Waals surface area (Å²) in [6, 6.07) is 7.71. The monoisotopic (exact) mass is 409 g/mol. The number of fused-ring (bicyclic) bond motifs is 1. The minimum Gasteiger partial charge on any atom is -0.399 e. The number of aliphatic hydroxyl groups is 1. The summed E-state index contributed by atoms with van der Waals surface area (Å²) >= 11 is 0. The van der Waals surface area contributed by atoms with Crippen molar-refractivity contribution in [3.05, 3.63) is 35.4 Å². The van der Waals surface area contributed by atoms with Gasteiger partial charge >= 0.3 is 0 Å². The van der Waals surface area contributed by atoms with Gasteiger partial charge in [0.1, 0.15) is 0 Å². The van der Waals surface area contributed by atoms with Crippen molar-refractivity contribution in [2.45, 2.75) is 58.5 Å². The van der Waals surface area contributed by atoms with Crippen molar-refractivity contribution in [2.24, 2.45) is 4.99 Å². The zero-order chi connectivity index (χ0) is 21.4. The summed E-state index contributed by atoms with van der Waals surface area (Å²) in [7, 11) is 0. The van der Waals surface area contributed by atoms with Crippen molar-refractivity contribution < 1.29 is 5.11 Å². The van der Waals surface area contributed by atoms with Crippen LogP contribution in [0.1, 0.15) is 58.2 Å². The third-order valence-corrected chi connectivity index (χ3v) is 5.69. The van der Waals surface area contributed by atoms with Crippen molar-refractivity contribution in [2.75, 3.05) is 23.8 Å². The number of H-pyrrole nitrogens is 1. The van der Waals surface area contributed by atoms with Gasteiger partial charge in [0.25, 0.3) is 0 Å². The Morgan fingerprint density at radius 2 is 2.10 bits per heavy atom. The van der Waals surface area contributed by atoms with Crippen LogP contribution >= 0.6 is 0 Å². The van der Waals surface area contributed by atoms with Gasteiger partial charge in [-0.05, 0) is 50.8 Å². The van der Waals surface area contributed by atoms with E-state index in [1.54, 1.807) is 0 Å². The van der Waals surface area contributed by atoms with E-state index in [1.807, 2.05) is 24.3 Å². The number of hydrogen-bond acceptors (Lipinski definition) is 6. The van der Waals surface area contributed by atoms with Crippen molar-refractivity contribution >= 4 is 28.4 Å². The molecule has 1 atom stereocenters. The van der Waals surface area contributed by atoms with Crippen molar-refractivity contribution in [1.82, 2.24) is 19.7 Å². The highest BCUT2D eigenvalue weighted by atomic mass is 16.3. The number of aromatic amines is 1. The molecule has 3 aromatic rings. The molecule has 1 saturated heterocycles. The van der Waals surface area contributed by atoms with E-state index in [1.165, 1.54) is 0 Å². The molecule has 4 rings (SSSR count). The predicted octanol–water partition coefficient (Wildman–Crippen LogP) is 3.24.